The van der Waals surface area contributed by atoms with E-state index in [9.17, 15) is 0 Å². The molecule has 0 aliphatic rings. The zero-order valence-corrected chi connectivity index (χ0v) is 10.7. The minimum atomic E-state index is -0.453. The molecule has 0 aliphatic carbocycles. The van der Waals surface area contributed by atoms with E-state index in [1.807, 2.05) is 18.2 Å². The van der Waals surface area contributed by atoms with Gasteiger partial charge in [-0.15, -0.1) is 23.2 Å². The smallest absolute Gasteiger partial charge is 0.100 e. The van der Waals surface area contributed by atoms with Crippen molar-refractivity contribution in [1.29, 1.82) is 0 Å². The molecule has 12 heavy (non-hydrogen) atoms. The van der Waals surface area contributed by atoms with Crippen LogP contribution in [0.1, 0.15) is 16.0 Å². The summed E-state index contributed by atoms with van der Waals surface area (Å²) in [6, 6.07) is 5.85. The highest BCUT2D eigenvalue weighted by atomic mass is 79.9. The van der Waals surface area contributed by atoms with E-state index in [2.05, 4.69) is 31.9 Å². The molecule has 0 spiro atoms. The van der Waals surface area contributed by atoms with Crippen LogP contribution in [0.5, 0.6) is 0 Å². The third-order valence-corrected chi connectivity index (χ3v) is 3.05. The van der Waals surface area contributed by atoms with Crippen molar-refractivity contribution in [2.45, 2.75) is 10.2 Å². The average molecular weight is 333 g/mol. The second kappa shape index (κ2) is 4.85. The van der Waals surface area contributed by atoms with E-state index in [0.717, 1.165) is 20.9 Å². The van der Waals surface area contributed by atoms with Crippen LogP contribution in [0, 0.1) is 0 Å². The molecule has 0 atom stereocenters. The molecule has 4 heteroatoms. The maximum absolute atomic E-state index is 5.77. The fourth-order valence-electron chi connectivity index (χ4n) is 0.903. The van der Waals surface area contributed by atoms with Gasteiger partial charge in [-0.3, -0.25) is 0 Å². The predicted molar refractivity (Wildman–Crippen MR) is 61.2 cm³/mol. The van der Waals surface area contributed by atoms with Gasteiger partial charge in [-0.2, -0.15) is 0 Å². The van der Waals surface area contributed by atoms with Crippen molar-refractivity contribution in [2.24, 2.45) is 0 Å². The zero-order valence-electron chi connectivity index (χ0n) is 6.03. The first-order chi connectivity index (χ1) is 5.65. The van der Waals surface area contributed by atoms with Gasteiger partial charge in [0.15, 0.2) is 0 Å². The quantitative estimate of drug-likeness (QED) is 0.681. The van der Waals surface area contributed by atoms with Crippen molar-refractivity contribution in [1.82, 2.24) is 0 Å². The summed E-state index contributed by atoms with van der Waals surface area (Å²) in [5.41, 5.74) is 2.07. The number of alkyl halides is 3. The van der Waals surface area contributed by atoms with E-state index < -0.39 is 4.84 Å². The van der Waals surface area contributed by atoms with Gasteiger partial charge in [0.05, 0.1) is 0 Å². The van der Waals surface area contributed by atoms with Gasteiger partial charge < -0.3 is 0 Å². The highest BCUT2D eigenvalue weighted by molar-refractivity contribution is 9.10. The molecule has 0 nitrogen and oxygen atoms in total. The minimum absolute atomic E-state index is 0.453. The number of rotatable bonds is 2. The number of hydrogen-bond donors (Lipinski definition) is 0. The van der Waals surface area contributed by atoms with Crippen molar-refractivity contribution >= 4 is 55.1 Å². The summed E-state index contributed by atoms with van der Waals surface area (Å²) in [5.74, 6) is 0. The maximum Gasteiger partial charge on any atom is 0.133 e. The molecule has 0 saturated carbocycles. The van der Waals surface area contributed by atoms with Crippen LogP contribution in [0.4, 0.5) is 0 Å². The van der Waals surface area contributed by atoms with E-state index in [0.29, 0.717) is 0 Å². The van der Waals surface area contributed by atoms with Crippen molar-refractivity contribution < 1.29 is 0 Å². The summed E-state index contributed by atoms with van der Waals surface area (Å²) in [6.07, 6.45) is 0. The largest absolute Gasteiger partial charge is 0.133 e. The first-order valence-electron chi connectivity index (χ1n) is 3.27. The van der Waals surface area contributed by atoms with Crippen LogP contribution in [0.25, 0.3) is 0 Å². The lowest BCUT2D eigenvalue weighted by Gasteiger charge is -2.07. The molecular formula is C8H6Br2Cl2. The van der Waals surface area contributed by atoms with Crippen molar-refractivity contribution in [3.05, 3.63) is 33.8 Å². The van der Waals surface area contributed by atoms with Gasteiger partial charge in [0.1, 0.15) is 4.84 Å². The summed E-state index contributed by atoms with van der Waals surface area (Å²) in [6.45, 7) is 0. The molecule has 1 rings (SSSR count). The zero-order chi connectivity index (χ0) is 9.14. The molecule has 0 aromatic heterocycles. The Morgan fingerprint density at radius 1 is 1.33 bits per heavy atom. The Kier molecular flexibility index (Phi) is 4.38. The van der Waals surface area contributed by atoms with Crippen LogP contribution in [0.2, 0.25) is 0 Å². The highest BCUT2D eigenvalue weighted by Gasteiger charge is 2.08. The van der Waals surface area contributed by atoms with Crippen LogP contribution >= 0.6 is 55.1 Å². The molecular weight excluding hydrogens is 327 g/mol. The molecule has 66 valence electrons. The summed E-state index contributed by atoms with van der Waals surface area (Å²) in [4.78, 5) is -0.453. The average Bonchev–Trinajstić information content (AvgIpc) is 2.03. The standard InChI is InChI=1S/C8H6Br2Cl2/c9-4-5-3-6(10)1-2-7(5)8(11)12/h1-3,8H,4H2. The minimum Gasteiger partial charge on any atom is -0.100 e. The topological polar surface area (TPSA) is 0 Å². The SMILES string of the molecule is ClC(Cl)c1ccc(Br)cc1CBr. The Morgan fingerprint density at radius 3 is 2.50 bits per heavy atom. The van der Waals surface area contributed by atoms with E-state index in [1.165, 1.54) is 0 Å². The Bertz CT molecular complexity index is 274. The summed E-state index contributed by atoms with van der Waals surface area (Å²) < 4.78 is 1.04. The molecule has 0 fully saturated rings. The Morgan fingerprint density at radius 2 is 2.00 bits per heavy atom. The van der Waals surface area contributed by atoms with Gasteiger partial charge in [0.25, 0.3) is 0 Å². The van der Waals surface area contributed by atoms with Crippen molar-refractivity contribution in [2.75, 3.05) is 0 Å². The van der Waals surface area contributed by atoms with E-state index >= 15 is 0 Å². The lowest BCUT2D eigenvalue weighted by atomic mass is 10.1. The molecule has 0 N–H and O–H groups in total. The van der Waals surface area contributed by atoms with Crippen LogP contribution in [0.15, 0.2) is 22.7 Å². The second-order valence-corrected chi connectivity index (χ2v) is 4.85. The molecule has 0 radical (unpaired) electrons. The van der Waals surface area contributed by atoms with Crippen LogP contribution < -0.4 is 0 Å². The normalized spacial score (nSPS) is 10.8. The Hall–Kier alpha value is 0.760. The molecule has 0 bridgehead atoms. The van der Waals surface area contributed by atoms with Gasteiger partial charge >= 0.3 is 0 Å². The molecule has 1 aromatic rings. The lowest BCUT2D eigenvalue weighted by molar-refractivity contribution is 1.25. The fourth-order valence-corrected chi connectivity index (χ4v) is 2.22. The van der Waals surface area contributed by atoms with Gasteiger partial charge in [-0.25, -0.2) is 0 Å². The van der Waals surface area contributed by atoms with Crippen LogP contribution in [-0.2, 0) is 5.33 Å². The summed E-state index contributed by atoms with van der Waals surface area (Å²) in [5, 5.41) is 0.762. The van der Waals surface area contributed by atoms with E-state index in [4.69, 9.17) is 23.2 Å². The monoisotopic (exact) mass is 330 g/mol. The first-order valence-corrected chi connectivity index (χ1v) is 6.06. The van der Waals surface area contributed by atoms with Crippen LogP contribution in [0.3, 0.4) is 0 Å². The van der Waals surface area contributed by atoms with E-state index in [-0.39, 0.29) is 0 Å². The molecule has 0 unspecified atom stereocenters. The maximum atomic E-state index is 5.77. The fraction of sp³-hybridized carbons (Fsp3) is 0.250. The lowest BCUT2D eigenvalue weighted by Crippen LogP contribution is -1.89. The first kappa shape index (κ1) is 10.8. The summed E-state index contributed by atoms with van der Waals surface area (Å²) in [7, 11) is 0. The summed E-state index contributed by atoms with van der Waals surface area (Å²) >= 11 is 18.3. The molecule has 0 heterocycles. The molecule has 0 aliphatic heterocycles. The molecule has 1 aromatic carbocycles. The van der Waals surface area contributed by atoms with Gasteiger partial charge in [-0.1, -0.05) is 37.9 Å². The highest BCUT2D eigenvalue weighted by Crippen LogP contribution is 2.30. The molecule has 0 saturated heterocycles. The predicted octanol–water partition coefficient (Wildman–Crippen LogP) is 4.82. The van der Waals surface area contributed by atoms with E-state index in [1.54, 1.807) is 0 Å². The van der Waals surface area contributed by atoms with Crippen molar-refractivity contribution in [3.63, 3.8) is 0 Å². The van der Waals surface area contributed by atoms with Gasteiger partial charge in [-0.05, 0) is 23.3 Å². The van der Waals surface area contributed by atoms with Gasteiger partial charge in [0.2, 0.25) is 0 Å². The number of hydrogen-bond acceptors (Lipinski definition) is 0. The number of halogens is 4. The Balaban J connectivity index is 3.11. The van der Waals surface area contributed by atoms with Gasteiger partial charge in [0, 0.05) is 9.80 Å². The van der Waals surface area contributed by atoms with Crippen molar-refractivity contribution in [3.8, 4) is 0 Å². The molecule has 0 amide bonds. The third kappa shape index (κ3) is 2.63. The number of benzene rings is 1. The third-order valence-electron chi connectivity index (χ3n) is 1.48. The Labute approximate surface area is 98.5 Å². The second-order valence-electron chi connectivity index (χ2n) is 2.28. The van der Waals surface area contributed by atoms with Crippen LogP contribution in [-0.4, -0.2) is 0 Å².